The maximum atomic E-state index is 5.11. The van der Waals surface area contributed by atoms with Crippen LogP contribution in [0.4, 0.5) is 0 Å². The van der Waals surface area contributed by atoms with Crippen molar-refractivity contribution in [3.8, 4) is 22.8 Å². The molecule has 0 spiro atoms. The molecule has 0 aliphatic carbocycles. The molecule has 0 aliphatic rings. The van der Waals surface area contributed by atoms with E-state index in [-0.39, 0.29) is 0 Å². The lowest BCUT2D eigenvalue weighted by Gasteiger charge is -2.13. The molecule has 196 valence electrons. The number of hydrogen-bond acceptors (Lipinski definition) is 4. The van der Waals surface area contributed by atoms with Crippen LogP contribution in [0.1, 0.15) is 0 Å². The topological polar surface area (TPSA) is 61.4 Å². The average Bonchev–Trinajstić information content (AvgIpc) is 3.58. The van der Waals surface area contributed by atoms with Gasteiger partial charge in [-0.05, 0) is 36.4 Å². The molecule has 0 radical (unpaired) electrons. The summed E-state index contributed by atoms with van der Waals surface area (Å²) in [5.41, 5.74) is 8.37. The monoisotopic (exact) mass is 538 g/mol. The Labute approximate surface area is 240 Å². The molecule has 0 saturated heterocycles. The van der Waals surface area contributed by atoms with E-state index in [4.69, 9.17) is 9.97 Å². The summed E-state index contributed by atoms with van der Waals surface area (Å²) in [7, 11) is 0. The van der Waals surface area contributed by atoms with Gasteiger partial charge in [0.2, 0.25) is 0 Å². The van der Waals surface area contributed by atoms with E-state index in [9.17, 15) is 0 Å². The van der Waals surface area contributed by atoms with Gasteiger partial charge >= 0.3 is 0 Å². The summed E-state index contributed by atoms with van der Waals surface area (Å²) in [6.07, 6.45) is 3.32. The fourth-order valence-electron chi connectivity index (χ4n) is 6.34. The molecule has 0 N–H and O–H groups in total. The Morgan fingerprint density at radius 2 is 0.952 bits per heavy atom. The van der Waals surface area contributed by atoms with Crippen LogP contribution in [-0.2, 0) is 0 Å². The van der Waals surface area contributed by atoms with E-state index in [0.29, 0.717) is 11.3 Å². The van der Waals surface area contributed by atoms with Crippen LogP contribution < -0.4 is 0 Å². The van der Waals surface area contributed by atoms with Crippen molar-refractivity contribution in [2.75, 3.05) is 0 Å². The minimum absolute atomic E-state index is 0.514. The average molecular weight is 539 g/mol. The highest BCUT2D eigenvalue weighted by molar-refractivity contribution is 6.29. The molecular formula is C36H22N6. The van der Waals surface area contributed by atoms with Gasteiger partial charge in [0.25, 0.3) is 0 Å². The Bertz CT molecular complexity index is 2460. The number of rotatable bonds is 3. The molecule has 4 heterocycles. The Morgan fingerprint density at radius 3 is 1.62 bits per heavy atom. The molecule has 0 saturated carbocycles. The molecule has 5 aromatic carbocycles. The highest BCUT2D eigenvalue weighted by Crippen LogP contribution is 2.42. The molecule has 6 heteroatoms. The largest absolute Gasteiger partial charge is 0.309 e. The van der Waals surface area contributed by atoms with Gasteiger partial charge in [0.15, 0.2) is 17.1 Å². The zero-order chi connectivity index (χ0) is 27.6. The quantitative estimate of drug-likeness (QED) is 0.227. The van der Waals surface area contributed by atoms with Gasteiger partial charge in [-0.3, -0.25) is 4.57 Å². The molecule has 0 bridgehead atoms. The predicted molar refractivity (Wildman–Crippen MR) is 169 cm³/mol. The SMILES string of the molecule is c1ccc(-c2nc3nccnc3nc2-n2c3ccccc3c3c4c5ccccc5n(-c5ccccc5)c4ccc32)cc1. The van der Waals surface area contributed by atoms with Crippen molar-refractivity contribution in [2.45, 2.75) is 0 Å². The molecule has 9 rings (SSSR count). The highest BCUT2D eigenvalue weighted by atomic mass is 15.1. The Morgan fingerprint density at radius 1 is 0.429 bits per heavy atom. The number of nitrogens with zero attached hydrogens (tertiary/aromatic N) is 6. The number of benzene rings is 5. The molecule has 6 nitrogen and oxygen atoms in total. The van der Waals surface area contributed by atoms with E-state index in [1.807, 2.05) is 18.2 Å². The predicted octanol–water partition coefficient (Wildman–Crippen LogP) is 8.28. The number of aromatic nitrogens is 6. The molecule has 0 amide bonds. The molecule has 0 unspecified atom stereocenters. The standard InChI is InChI=1S/C36H22N6/c1-3-11-23(12-4-1)33-36(40-35-34(39-33)37-21-22-38-35)42-28-18-10-8-16-26(28)32-30(42)20-19-29-31(32)25-15-7-9-17-27(25)41(29)24-13-5-2-6-14-24/h1-22H. The van der Waals surface area contributed by atoms with Crippen LogP contribution in [-0.4, -0.2) is 29.1 Å². The van der Waals surface area contributed by atoms with Gasteiger partial charge in [-0.25, -0.2) is 19.9 Å². The molecular weight excluding hydrogens is 516 g/mol. The maximum absolute atomic E-state index is 5.11. The van der Waals surface area contributed by atoms with Crippen LogP contribution in [0.25, 0.3) is 77.7 Å². The molecule has 4 aromatic heterocycles. The normalized spacial score (nSPS) is 11.8. The van der Waals surface area contributed by atoms with E-state index in [1.54, 1.807) is 12.4 Å². The van der Waals surface area contributed by atoms with Gasteiger partial charge in [-0.1, -0.05) is 84.9 Å². The molecule has 42 heavy (non-hydrogen) atoms. The van der Waals surface area contributed by atoms with E-state index in [0.717, 1.165) is 44.7 Å². The minimum atomic E-state index is 0.514. The van der Waals surface area contributed by atoms with Crippen molar-refractivity contribution in [1.29, 1.82) is 0 Å². The lowest BCUT2D eigenvalue weighted by Crippen LogP contribution is -2.05. The number of fused-ring (bicyclic) bond motifs is 8. The highest BCUT2D eigenvalue weighted by Gasteiger charge is 2.23. The summed E-state index contributed by atoms with van der Waals surface area (Å²) in [6, 6.07) is 42.4. The third-order valence-corrected chi connectivity index (χ3v) is 8.05. The van der Waals surface area contributed by atoms with E-state index < -0.39 is 0 Å². The summed E-state index contributed by atoms with van der Waals surface area (Å²) in [5, 5.41) is 4.78. The first-order valence-corrected chi connectivity index (χ1v) is 13.9. The second-order valence-corrected chi connectivity index (χ2v) is 10.4. The van der Waals surface area contributed by atoms with Crippen LogP contribution in [0.3, 0.4) is 0 Å². The summed E-state index contributed by atoms with van der Waals surface area (Å²) < 4.78 is 4.60. The third-order valence-electron chi connectivity index (χ3n) is 8.05. The summed E-state index contributed by atoms with van der Waals surface area (Å²) in [6.45, 7) is 0. The van der Waals surface area contributed by atoms with E-state index in [1.165, 1.54) is 21.7 Å². The van der Waals surface area contributed by atoms with Gasteiger partial charge in [-0.2, -0.15) is 0 Å². The lowest BCUT2D eigenvalue weighted by molar-refractivity contribution is 1.05. The van der Waals surface area contributed by atoms with Crippen molar-refractivity contribution in [3.63, 3.8) is 0 Å². The van der Waals surface area contributed by atoms with Gasteiger partial charge in [-0.15, -0.1) is 0 Å². The Hall–Kier alpha value is -5.88. The summed E-state index contributed by atoms with van der Waals surface area (Å²) >= 11 is 0. The fraction of sp³-hybridized carbons (Fsp3) is 0. The molecule has 0 aliphatic heterocycles. The Kier molecular flexibility index (Phi) is 4.80. The smallest absolute Gasteiger partial charge is 0.199 e. The number of hydrogen-bond donors (Lipinski definition) is 0. The van der Waals surface area contributed by atoms with Gasteiger partial charge < -0.3 is 4.57 Å². The zero-order valence-corrected chi connectivity index (χ0v) is 22.4. The zero-order valence-electron chi connectivity index (χ0n) is 22.4. The maximum Gasteiger partial charge on any atom is 0.199 e. The fourth-order valence-corrected chi connectivity index (χ4v) is 6.34. The van der Waals surface area contributed by atoms with Crippen LogP contribution >= 0.6 is 0 Å². The first kappa shape index (κ1) is 22.9. The van der Waals surface area contributed by atoms with Gasteiger partial charge in [0, 0.05) is 45.2 Å². The molecule has 9 aromatic rings. The van der Waals surface area contributed by atoms with Crippen LogP contribution in [0.2, 0.25) is 0 Å². The van der Waals surface area contributed by atoms with Crippen molar-refractivity contribution in [3.05, 3.63) is 134 Å². The van der Waals surface area contributed by atoms with Crippen LogP contribution in [0.5, 0.6) is 0 Å². The van der Waals surface area contributed by atoms with Crippen molar-refractivity contribution < 1.29 is 0 Å². The summed E-state index contributed by atoms with van der Waals surface area (Å²) in [4.78, 5) is 19.1. The van der Waals surface area contributed by atoms with Crippen LogP contribution in [0, 0.1) is 0 Å². The molecule has 0 fully saturated rings. The Balaban J connectivity index is 1.48. The second-order valence-electron chi connectivity index (χ2n) is 10.4. The first-order valence-electron chi connectivity index (χ1n) is 13.9. The summed E-state index contributed by atoms with van der Waals surface area (Å²) in [5.74, 6) is 0.728. The third kappa shape index (κ3) is 3.20. The second kappa shape index (κ2) is 8.81. The van der Waals surface area contributed by atoms with Crippen LogP contribution in [0.15, 0.2) is 134 Å². The van der Waals surface area contributed by atoms with Crippen molar-refractivity contribution >= 4 is 54.9 Å². The minimum Gasteiger partial charge on any atom is -0.309 e. The van der Waals surface area contributed by atoms with Gasteiger partial charge in [0.05, 0.1) is 22.1 Å². The molecule has 0 atom stereocenters. The van der Waals surface area contributed by atoms with E-state index >= 15 is 0 Å². The lowest BCUT2D eigenvalue weighted by atomic mass is 10.1. The van der Waals surface area contributed by atoms with Gasteiger partial charge in [0.1, 0.15) is 5.69 Å². The number of para-hydroxylation sites is 3. The first-order chi connectivity index (χ1) is 20.9. The van der Waals surface area contributed by atoms with Crippen molar-refractivity contribution in [2.24, 2.45) is 0 Å². The van der Waals surface area contributed by atoms with Crippen molar-refractivity contribution in [1.82, 2.24) is 29.1 Å². The van der Waals surface area contributed by atoms with E-state index in [2.05, 4.69) is 122 Å².